The zero-order chi connectivity index (χ0) is 23.5. The molecule has 34 heavy (non-hydrogen) atoms. The maximum atomic E-state index is 12.8. The third kappa shape index (κ3) is 4.46. The molecule has 1 amide bonds. The van der Waals surface area contributed by atoms with Gasteiger partial charge in [0.1, 0.15) is 35.8 Å². The number of ether oxygens (including phenoxy) is 4. The Labute approximate surface area is 198 Å². The number of hydrogen-bond donors (Lipinski definition) is 0. The van der Waals surface area contributed by atoms with Crippen molar-refractivity contribution in [2.75, 3.05) is 51.5 Å². The molecule has 5 rings (SSSR count). The van der Waals surface area contributed by atoms with Crippen molar-refractivity contribution in [3.63, 3.8) is 0 Å². The van der Waals surface area contributed by atoms with Crippen LogP contribution in [0.25, 0.3) is 0 Å². The molecule has 2 atom stereocenters. The molecule has 0 N–H and O–H groups in total. The van der Waals surface area contributed by atoms with Crippen LogP contribution in [0.3, 0.4) is 0 Å². The van der Waals surface area contributed by atoms with Gasteiger partial charge in [-0.15, -0.1) is 0 Å². The van der Waals surface area contributed by atoms with Crippen molar-refractivity contribution in [3.8, 4) is 23.4 Å². The number of anilines is 2. The highest BCUT2D eigenvalue weighted by Gasteiger charge is 2.33. The highest BCUT2D eigenvalue weighted by atomic mass is 16.5. The zero-order valence-corrected chi connectivity index (χ0v) is 19.2. The second-order valence-corrected chi connectivity index (χ2v) is 8.72. The van der Waals surface area contributed by atoms with Gasteiger partial charge in [0, 0.05) is 25.6 Å². The van der Waals surface area contributed by atoms with E-state index in [1.165, 1.54) is 7.11 Å². The van der Waals surface area contributed by atoms with Gasteiger partial charge in [-0.1, -0.05) is 0 Å². The summed E-state index contributed by atoms with van der Waals surface area (Å²) in [5.41, 5.74) is 2.01. The van der Waals surface area contributed by atoms with E-state index in [0.717, 1.165) is 48.7 Å². The fraction of sp³-hybridized carbons (Fsp3) is 0.480. The van der Waals surface area contributed by atoms with Gasteiger partial charge >= 0.3 is 0 Å². The molecule has 1 aromatic carbocycles. The Morgan fingerprint density at radius 2 is 2.15 bits per heavy atom. The number of nitrogens with zero attached hydrogens (tertiary/aromatic N) is 4. The predicted octanol–water partition coefficient (Wildman–Crippen LogP) is 2.90. The third-order valence-corrected chi connectivity index (χ3v) is 6.52. The van der Waals surface area contributed by atoms with Crippen molar-refractivity contribution in [3.05, 3.63) is 36.0 Å². The van der Waals surface area contributed by atoms with Gasteiger partial charge < -0.3 is 28.7 Å². The quantitative estimate of drug-likeness (QED) is 0.666. The van der Waals surface area contributed by atoms with Crippen LogP contribution >= 0.6 is 0 Å². The van der Waals surface area contributed by atoms with Gasteiger partial charge in [-0.2, -0.15) is 5.26 Å². The Bertz CT molecular complexity index is 1100. The van der Waals surface area contributed by atoms with Crippen LogP contribution < -0.4 is 19.1 Å². The maximum absolute atomic E-state index is 12.8. The van der Waals surface area contributed by atoms with E-state index in [0.29, 0.717) is 44.3 Å². The van der Waals surface area contributed by atoms with E-state index >= 15 is 0 Å². The van der Waals surface area contributed by atoms with Crippen LogP contribution in [0.15, 0.2) is 30.5 Å². The van der Waals surface area contributed by atoms with Gasteiger partial charge in [0.15, 0.2) is 0 Å². The summed E-state index contributed by atoms with van der Waals surface area (Å²) >= 11 is 0. The summed E-state index contributed by atoms with van der Waals surface area (Å²) in [6, 6.07) is 9.65. The molecule has 0 radical (unpaired) electrons. The van der Waals surface area contributed by atoms with Crippen LogP contribution in [0, 0.1) is 17.2 Å². The SMILES string of the molecule is COc1ncc(N2CCOc3ccc(O[C@H]4CCN(C(=O)C5CCCOC5)C4)cc32)cc1C#N. The van der Waals surface area contributed by atoms with Crippen LogP contribution in [-0.2, 0) is 9.53 Å². The molecule has 3 aliphatic rings. The predicted molar refractivity (Wildman–Crippen MR) is 124 cm³/mol. The number of rotatable bonds is 5. The van der Waals surface area contributed by atoms with E-state index in [4.69, 9.17) is 18.9 Å². The standard InChI is InChI=1S/C25H28N4O5/c1-31-24-18(13-26)11-19(14-27-24)29-8-10-33-23-5-4-20(12-22(23)29)34-21-6-7-28(15-21)25(30)17-3-2-9-32-16-17/h4-5,11-12,14,17,21H,2-3,6-10,15-16H2,1H3/t17?,21-/m0/s1. The van der Waals surface area contributed by atoms with Crippen molar-refractivity contribution in [2.24, 2.45) is 5.92 Å². The van der Waals surface area contributed by atoms with Gasteiger partial charge in [-0.3, -0.25) is 4.79 Å². The summed E-state index contributed by atoms with van der Waals surface area (Å²) in [5.74, 6) is 1.91. The largest absolute Gasteiger partial charge is 0.490 e. The van der Waals surface area contributed by atoms with Crippen LogP contribution in [-0.4, -0.2) is 68.5 Å². The molecule has 1 aromatic heterocycles. The monoisotopic (exact) mass is 464 g/mol. The lowest BCUT2D eigenvalue weighted by Crippen LogP contribution is -2.39. The number of carbonyl (C=O) groups excluding carboxylic acids is 1. The third-order valence-electron chi connectivity index (χ3n) is 6.52. The zero-order valence-electron chi connectivity index (χ0n) is 19.2. The number of hydrogen-bond acceptors (Lipinski definition) is 8. The second-order valence-electron chi connectivity index (χ2n) is 8.72. The van der Waals surface area contributed by atoms with Crippen LogP contribution in [0.5, 0.6) is 17.4 Å². The molecule has 2 aromatic rings. The van der Waals surface area contributed by atoms with Crippen molar-refractivity contribution in [2.45, 2.75) is 25.4 Å². The van der Waals surface area contributed by atoms with E-state index < -0.39 is 0 Å². The number of benzene rings is 1. The Balaban J connectivity index is 1.30. The van der Waals surface area contributed by atoms with Gasteiger partial charge in [0.05, 0.1) is 50.3 Å². The van der Waals surface area contributed by atoms with E-state index in [1.54, 1.807) is 12.3 Å². The lowest BCUT2D eigenvalue weighted by Gasteiger charge is -2.31. The van der Waals surface area contributed by atoms with Crippen LogP contribution in [0.2, 0.25) is 0 Å². The Morgan fingerprint density at radius 3 is 2.94 bits per heavy atom. The van der Waals surface area contributed by atoms with Crippen molar-refractivity contribution in [1.82, 2.24) is 9.88 Å². The summed E-state index contributed by atoms with van der Waals surface area (Å²) in [4.78, 5) is 21.1. The topological polar surface area (TPSA) is 97.2 Å². The molecule has 0 spiro atoms. The van der Waals surface area contributed by atoms with Crippen LogP contribution in [0.1, 0.15) is 24.8 Å². The molecule has 9 heteroatoms. The molecule has 178 valence electrons. The molecule has 2 fully saturated rings. The highest BCUT2D eigenvalue weighted by molar-refractivity contribution is 5.79. The number of aromatic nitrogens is 1. The minimum absolute atomic E-state index is 0.0293. The first kappa shape index (κ1) is 22.3. The molecular formula is C25H28N4O5. The second kappa shape index (κ2) is 9.77. The number of carbonyl (C=O) groups is 1. The Kier molecular flexibility index (Phi) is 6.41. The summed E-state index contributed by atoms with van der Waals surface area (Å²) in [6.45, 7) is 3.69. The summed E-state index contributed by atoms with van der Waals surface area (Å²) in [6.07, 6.45) is 4.27. The first-order chi connectivity index (χ1) is 16.7. The van der Waals surface area contributed by atoms with Gasteiger partial charge in [-0.05, 0) is 31.0 Å². The molecule has 1 unspecified atom stereocenters. The number of pyridine rings is 1. The maximum Gasteiger partial charge on any atom is 0.231 e. The molecule has 3 aliphatic heterocycles. The Morgan fingerprint density at radius 1 is 1.24 bits per heavy atom. The van der Waals surface area contributed by atoms with E-state index in [-0.39, 0.29) is 17.9 Å². The van der Waals surface area contributed by atoms with Crippen molar-refractivity contribution < 1.29 is 23.7 Å². The van der Waals surface area contributed by atoms with Gasteiger partial charge in [0.25, 0.3) is 0 Å². The number of amides is 1. The molecule has 0 bridgehead atoms. The Hall–Kier alpha value is -3.51. The number of nitriles is 1. The molecule has 0 saturated carbocycles. The minimum atomic E-state index is -0.0580. The van der Waals surface area contributed by atoms with E-state index in [1.807, 2.05) is 23.1 Å². The summed E-state index contributed by atoms with van der Waals surface area (Å²) < 4.78 is 22.8. The smallest absolute Gasteiger partial charge is 0.231 e. The minimum Gasteiger partial charge on any atom is -0.490 e. The summed E-state index contributed by atoms with van der Waals surface area (Å²) in [7, 11) is 1.50. The lowest BCUT2D eigenvalue weighted by atomic mass is 10.0. The van der Waals surface area contributed by atoms with Crippen molar-refractivity contribution in [1.29, 1.82) is 5.26 Å². The molecular weight excluding hydrogens is 436 g/mol. The first-order valence-electron chi connectivity index (χ1n) is 11.7. The van der Waals surface area contributed by atoms with Gasteiger partial charge in [-0.25, -0.2) is 4.98 Å². The molecule has 9 nitrogen and oxygen atoms in total. The molecule has 2 saturated heterocycles. The van der Waals surface area contributed by atoms with E-state index in [2.05, 4.69) is 16.0 Å². The fourth-order valence-corrected chi connectivity index (χ4v) is 4.78. The highest BCUT2D eigenvalue weighted by Crippen LogP contribution is 2.40. The van der Waals surface area contributed by atoms with Crippen molar-refractivity contribution >= 4 is 17.3 Å². The normalized spacial score (nSPS) is 21.9. The number of methoxy groups -OCH3 is 1. The van der Waals surface area contributed by atoms with E-state index in [9.17, 15) is 10.1 Å². The molecule has 0 aliphatic carbocycles. The fourth-order valence-electron chi connectivity index (χ4n) is 4.78. The average Bonchev–Trinajstić information content (AvgIpc) is 3.36. The van der Waals surface area contributed by atoms with Crippen LogP contribution in [0.4, 0.5) is 11.4 Å². The number of likely N-dealkylation sites (tertiary alicyclic amines) is 1. The molecule has 4 heterocycles. The number of fused-ring (bicyclic) bond motifs is 1. The first-order valence-corrected chi connectivity index (χ1v) is 11.7. The lowest BCUT2D eigenvalue weighted by molar-refractivity contribution is -0.138. The average molecular weight is 465 g/mol. The summed E-state index contributed by atoms with van der Waals surface area (Å²) in [5, 5.41) is 9.45. The van der Waals surface area contributed by atoms with Gasteiger partial charge in [0.2, 0.25) is 11.8 Å².